The summed E-state index contributed by atoms with van der Waals surface area (Å²) in [5.74, 6) is 0. The summed E-state index contributed by atoms with van der Waals surface area (Å²) in [5.41, 5.74) is 6.60. The van der Waals surface area contributed by atoms with Crippen molar-refractivity contribution < 1.29 is 0 Å². The number of aromatic nitrogens is 3. The molecule has 2 rings (SSSR count). The predicted octanol–water partition coefficient (Wildman–Crippen LogP) is 2.46. The molecule has 0 aliphatic carbocycles. The summed E-state index contributed by atoms with van der Waals surface area (Å²) >= 11 is 0. The molecule has 0 atom stereocenters. The normalized spacial score (nSPS) is 11.2. The molecule has 2 heterocycles. The van der Waals surface area contributed by atoms with Crippen molar-refractivity contribution in [1.82, 2.24) is 19.7 Å². The Balaban J connectivity index is 1.98. The number of nitrogens with zero attached hydrogens (tertiary/aromatic N) is 3. The van der Waals surface area contributed by atoms with Crippen molar-refractivity contribution in [3.05, 3.63) is 40.5 Å². The topological polar surface area (TPSA) is 34.8 Å². The summed E-state index contributed by atoms with van der Waals surface area (Å²) < 4.78 is 4.27. The highest BCUT2D eigenvalue weighted by atomic mass is 15.3. The van der Waals surface area contributed by atoms with Crippen LogP contribution >= 0.6 is 0 Å². The minimum Gasteiger partial charge on any atom is -0.349 e. The Morgan fingerprint density at radius 1 is 1.11 bits per heavy atom. The van der Waals surface area contributed by atoms with Crippen LogP contribution < -0.4 is 5.32 Å². The third-order valence-electron chi connectivity index (χ3n) is 3.96. The summed E-state index contributed by atoms with van der Waals surface area (Å²) in [6.45, 7) is 11.5. The van der Waals surface area contributed by atoms with Crippen molar-refractivity contribution in [3.63, 3.8) is 0 Å². The van der Waals surface area contributed by atoms with Gasteiger partial charge in [-0.15, -0.1) is 0 Å². The van der Waals surface area contributed by atoms with E-state index in [0.29, 0.717) is 0 Å². The Morgan fingerprint density at radius 2 is 1.79 bits per heavy atom. The van der Waals surface area contributed by atoms with Crippen LogP contribution in [0, 0.1) is 20.8 Å². The quantitative estimate of drug-likeness (QED) is 0.896. The van der Waals surface area contributed by atoms with E-state index < -0.39 is 0 Å². The lowest BCUT2D eigenvalue weighted by Crippen LogP contribution is -2.14. The SMILES string of the molecule is CCn1c(C)cc(CNCc2cnn(C)c2C)c1C. The molecule has 0 bridgehead atoms. The van der Waals surface area contributed by atoms with Gasteiger partial charge in [0.05, 0.1) is 6.20 Å². The molecule has 2 aromatic rings. The molecule has 0 radical (unpaired) electrons. The van der Waals surface area contributed by atoms with Gasteiger partial charge in [0, 0.05) is 49.3 Å². The molecule has 0 fully saturated rings. The summed E-state index contributed by atoms with van der Waals surface area (Å²) in [7, 11) is 1.98. The van der Waals surface area contributed by atoms with Crippen molar-refractivity contribution in [2.75, 3.05) is 0 Å². The van der Waals surface area contributed by atoms with E-state index in [4.69, 9.17) is 0 Å². The van der Waals surface area contributed by atoms with Gasteiger partial charge >= 0.3 is 0 Å². The first-order valence-corrected chi connectivity index (χ1v) is 6.88. The smallest absolute Gasteiger partial charge is 0.0537 e. The van der Waals surface area contributed by atoms with Gasteiger partial charge in [-0.2, -0.15) is 5.10 Å². The number of rotatable bonds is 5. The summed E-state index contributed by atoms with van der Waals surface area (Å²) in [6.07, 6.45) is 1.94. The zero-order chi connectivity index (χ0) is 14.0. The van der Waals surface area contributed by atoms with Crippen LogP contribution in [-0.2, 0) is 26.7 Å². The minimum atomic E-state index is 0.871. The van der Waals surface area contributed by atoms with Gasteiger partial charge in [-0.3, -0.25) is 4.68 Å². The summed E-state index contributed by atoms with van der Waals surface area (Å²) in [5, 5.41) is 7.77. The van der Waals surface area contributed by atoms with Crippen LogP contribution in [0.1, 0.15) is 35.1 Å². The third-order valence-corrected chi connectivity index (χ3v) is 3.96. The Hall–Kier alpha value is -1.55. The highest BCUT2D eigenvalue weighted by Gasteiger charge is 2.08. The van der Waals surface area contributed by atoms with Crippen molar-refractivity contribution >= 4 is 0 Å². The second-order valence-corrected chi connectivity index (χ2v) is 5.12. The molecule has 0 spiro atoms. The van der Waals surface area contributed by atoms with Gasteiger partial charge in [0.15, 0.2) is 0 Å². The van der Waals surface area contributed by atoms with E-state index in [0.717, 1.165) is 19.6 Å². The van der Waals surface area contributed by atoms with Crippen molar-refractivity contribution in [1.29, 1.82) is 0 Å². The first-order valence-electron chi connectivity index (χ1n) is 6.88. The molecule has 0 aliphatic heterocycles. The molecule has 0 aromatic carbocycles. The van der Waals surface area contributed by atoms with Gasteiger partial charge in [0.2, 0.25) is 0 Å². The molecule has 2 aromatic heterocycles. The maximum Gasteiger partial charge on any atom is 0.0537 e. The van der Waals surface area contributed by atoms with Crippen LogP contribution in [0.4, 0.5) is 0 Å². The molecule has 104 valence electrons. The number of hydrogen-bond donors (Lipinski definition) is 1. The number of hydrogen-bond acceptors (Lipinski definition) is 2. The fourth-order valence-corrected chi connectivity index (χ4v) is 2.59. The fourth-order valence-electron chi connectivity index (χ4n) is 2.59. The zero-order valence-corrected chi connectivity index (χ0v) is 12.6. The van der Waals surface area contributed by atoms with E-state index in [-0.39, 0.29) is 0 Å². The second kappa shape index (κ2) is 5.61. The second-order valence-electron chi connectivity index (χ2n) is 5.12. The molecule has 4 heteroatoms. The summed E-state index contributed by atoms with van der Waals surface area (Å²) in [6, 6.07) is 2.28. The van der Waals surface area contributed by atoms with Crippen molar-refractivity contribution in [3.8, 4) is 0 Å². The standard InChI is InChI=1S/C15H24N4/c1-6-19-11(2)7-14(13(19)4)8-16-9-15-10-17-18(5)12(15)3/h7,10,16H,6,8-9H2,1-5H3. The highest BCUT2D eigenvalue weighted by molar-refractivity contribution is 5.26. The lowest BCUT2D eigenvalue weighted by atomic mass is 10.2. The molecule has 0 unspecified atom stereocenters. The molecule has 4 nitrogen and oxygen atoms in total. The fraction of sp³-hybridized carbons (Fsp3) is 0.533. The van der Waals surface area contributed by atoms with E-state index in [2.05, 4.69) is 48.7 Å². The van der Waals surface area contributed by atoms with E-state index >= 15 is 0 Å². The van der Waals surface area contributed by atoms with Gasteiger partial charge < -0.3 is 9.88 Å². The Morgan fingerprint density at radius 3 is 2.32 bits per heavy atom. The van der Waals surface area contributed by atoms with Crippen LogP contribution in [0.5, 0.6) is 0 Å². The Labute approximate surface area is 115 Å². The average Bonchev–Trinajstić information content (AvgIpc) is 2.83. The molecule has 0 saturated heterocycles. The van der Waals surface area contributed by atoms with E-state index in [1.54, 1.807) is 0 Å². The molecule has 1 N–H and O–H groups in total. The van der Waals surface area contributed by atoms with E-state index in [1.807, 2.05) is 17.9 Å². The number of aryl methyl sites for hydroxylation is 2. The molecule has 0 saturated carbocycles. The minimum absolute atomic E-state index is 0.871. The van der Waals surface area contributed by atoms with Crippen molar-refractivity contribution in [2.45, 2.75) is 47.3 Å². The first-order chi connectivity index (χ1) is 9.04. The Kier molecular flexibility index (Phi) is 4.10. The lowest BCUT2D eigenvalue weighted by Gasteiger charge is -2.07. The van der Waals surface area contributed by atoms with Crippen LogP contribution in [0.2, 0.25) is 0 Å². The largest absolute Gasteiger partial charge is 0.349 e. The van der Waals surface area contributed by atoms with Gasteiger partial charge in [0.1, 0.15) is 0 Å². The van der Waals surface area contributed by atoms with Gasteiger partial charge in [0.25, 0.3) is 0 Å². The lowest BCUT2D eigenvalue weighted by molar-refractivity contribution is 0.671. The molecule has 0 aliphatic rings. The first kappa shape index (κ1) is 13.9. The monoisotopic (exact) mass is 260 g/mol. The van der Waals surface area contributed by atoms with E-state index in [1.165, 1.54) is 28.2 Å². The van der Waals surface area contributed by atoms with Gasteiger partial charge in [-0.1, -0.05) is 0 Å². The predicted molar refractivity (Wildman–Crippen MR) is 78.1 cm³/mol. The third kappa shape index (κ3) is 2.73. The van der Waals surface area contributed by atoms with Crippen LogP contribution in [0.15, 0.2) is 12.3 Å². The molecule has 19 heavy (non-hydrogen) atoms. The molecular weight excluding hydrogens is 236 g/mol. The number of nitrogens with one attached hydrogen (secondary N) is 1. The van der Waals surface area contributed by atoms with Gasteiger partial charge in [-0.05, 0) is 39.3 Å². The highest BCUT2D eigenvalue weighted by Crippen LogP contribution is 2.15. The van der Waals surface area contributed by atoms with Crippen molar-refractivity contribution in [2.24, 2.45) is 7.05 Å². The van der Waals surface area contributed by atoms with Crippen LogP contribution in [-0.4, -0.2) is 14.3 Å². The van der Waals surface area contributed by atoms with Crippen LogP contribution in [0.25, 0.3) is 0 Å². The maximum absolute atomic E-state index is 4.26. The Bertz CT molecular complexity index is 563. The molecular formula is C15H24N4. The van der Waals surface area contributed by atoms with Gasteiger partial charge in [-0.25, -0.2) is 0 Å². The average molecular weight is 260 g/mol. The maximum atomic E-state index is 4.26. The van der Waals surface area contributed by atoms with E-state index in [9.17, 15) is 0 Å². The zero-order valence-electron chi connectivity index (χ0n) is 12.6. The van der Waals surface area contributed by atoms with Crippen LogP contribution in [0.3, 0.4) is 0 Å². The molecule has 0 amide bonds. The summed E-state index contributed by atoms with van der Waals surface area (Å²) in [4.78, 5) is 0.